The summed E-state index contributed by atoms with van der Waals surface area (Å²) in [4.78, 5) is 13.9. The second-order valence-electron chi connectivity index (χ2n) is 5.26. The number of likely N-dealkylation sites (N-methyl/N-ethyl adjacent to an activating group) is 1. The number of aromatic nitrogens is 1. The number of ether oxygens (including phenoxy) is 1. The minimum Gasteiger partial charge on any atom is -0.492 e. The van der Waals surface area contributed by atoms with Gasteiger partial charge in [0.25, 0.3) is 0 Å². The van der Waals surface area contributed by atoms with Gasteiger partial charge < -0.3 is 14.2 Å². The Hall–Kier alpha value is -1.59. The lowest BCUT2D eigenvalue weighted by molar-refractivity contribution is 0.232. The Bertz CT molecular complexity index is 616. The van der Waals surface area contributed by atoms with E-state index in [1.165, 1.54) is 16.9 Å². The van der Waals surface area contributed by atoms with Crippen molar-refractivity contribution in [3.63, 3.8) is 0 Å². The molecule has 0 aliphatic heterocycles. The first-order chi connectivity index (χ1) is 10.1. The summed E-state index contributed by atoms with van der Waals surface area (Å²) in [5.74, 6) is 0.902. The fourth-order valence-corrected chi connectivity index (χ4v) is 2.77. The Morgan fingerprint density at radius 2 is 1.90 bits per heavy atom. The molecule has 0 saturated carbocycles. The number of rotatable bonds is 7. The van der Waals surface area contributed by atoms with Crippen molar-refractivity contribution in [2.45, 2.75) is 20.4 Å². The molecule has 0 saturated heterocycles. The highest BCUT2D eigenvalue weighted by Crippen LogP contribution is 2.11. The third-order valence-electron chi connectivity index (χ3n) is 3.44. The quantitative estimate of drug-likeness (QED) is 0.788. The van der Waals surface area contributed by atoms with Crippen molar-refractivity contribution in [1.82, 2.24) is 9.47 Å². The van der Waals surface area contributed by atoms with Crippen LogP contribution in [0.3, 0.4) is 0 Å². The van der Waals surface area contributed by atoms with E-state index < -0.39 is 0 Å². The third-order valence-corrected chi connectivity index (χ3v) is 4.33. The number of aryl methyl sites for hydroxylation is 2. The molecular formula is C16H22N2O2S. The average molecular weight is 306 g/mol. The lowest BCUT2D eigenvalue weighted by atomic mass is 10.2. The van der Waals surface area contributed by atoms with E-state index in [0.717, 1.165) is 31.1 Å². The molecule has 21 heavy (non-hydrogen) atoms. The molecule has 2 aromatic rings. The van der Waals surface area contributed by atoms with Crippen molar-refractivity contribution in [3.05, 3.63) is 50.6 Å². The number of benzene rings is 1. The second-order valence-corrected chi connectivity index (χ2v) is 6.08. The molecule has 1 aromatic heterocycles. The van der Waals surface area contributed by atoms with Gasteiger partial charge in [0.05, 0.1) is 0 Å². The van der Waals surface area contributed by atoms with Crippen molar-refractivity contribution >= 4 is 11.3 Å². The van der Waals surface area contributed by atoms with Crippen LogP contribution in [0.4, 0.5) is 0 Å². The molecule has 0 amide bonds. The summed E-state index contributed by atoms with van der Waals surface area (Å²) in [5, 5.41) is 1.91. The van der Waals surface area contributed by atoms with Gasteiger partial charge in [0.15, 0.2) is 0 Å². The molecule has 1 heterocycles. The fraction of sp³-hybridized carbons (Fsp3) is 0.438. The molecule has 114 valence electrons. The van der Waals surface area contributed by atoms with Crippen LogP contribution < -0.4 is 9.61 Å². The molecule has 1 aromatic carbocycles. The summed E-state index contributed by atoms with van der Waals surface area (Å²) in [7, 11) is 2.05. The number of hydrogen-bond acceptors (Lipinski definition) is 4. The summed E-state index contributed by atoms with van der Waals surface area (Å²) < 4.78 is 7.53. The first kappa shape index (κ1) is 15.8. The Balaban J connectivity index is 1.71. The van der Waals surface area contributed by atoms with Gasteiger partial charge in [0.1, 0.15) is 12.4 Å². The van der Waals surface area contributed by atoms with Crippen LogP contribution in [0.1, 0.15) is 11.3 Å². The van der Waals surface area contributed by atoms with Crippen LogP contribution in [0.5, 0.6) is 5.75 Å². The van der Waals surface area contributed by atoms with Gasteiger partial charge in [-0.05, 0) is 33.0 Å². The minimum atomic E-state index is 0.122. The lowest BCUT2D eigenvalue weighted by Gasteiger charge is -2.17. The van der Waals surface area contributed by atoms with E-state index in [-0.39, 0.29) is 4.87 Å². The van der Waals surface area contributed by atoms with E-state index in [4.69, 9.17) is 4.74 Å². The Morgan fingerprint density at radius 3 is 2.52 bits per heavy atom. The number of nitrogens with zero attached hydrogens (tertiary/aromatic N) is 2. The predicted molar refractivity (Wildman–Crippen MR) is 87.5 cm³/mol. The molecule has 0 aliphatic rings. The first-order valence-electron chi connectivity index (χ1n) is 7.09. The van der Waals surface area contributed by atoms with Gasteiger partial charge in [0, 0.05) is 30.7 Å². The van der Waals surface area contributed by atoms with Crippen molar-refractivity contribution in [2.24, 2.45) is 0 Å². The summed E-state index contributed by atoms with van der Waals surface area (Å²) in [5.41, 5.74) is 2.27. The van der Waals surface area contributed by atoms with E-state index in [1.807, 2.05) is 48.2 Å². The molecule has 0 aliphatic carbocycles. The van der Waals surface area contributed by atoms with Crippen LogP contribution >= 0.6 is 11.3 Å². The van der Waals surface area contributed by atoms with E-state index >= 15 is 0 Å². The third kappa shape index (κ3) is 4.72. The van der Waals surface area contributed by atoms with Crippen molar-refractivity contribution in [2.75, 3.05) is 26.7 Å². The normalized spacial score (nSPS) is 11.0. The predicted octanol–water partition coefficient (Wildman–Crippen LogP) is 2.54. The average Bonchev–Trinajstić information content (AvgIpc) is 2.78. The van der Waals surface area contributed by atoms with E-state index in [9.17, 15) is 4.79 Å². The van der Waals surface area contributed by atoms with Crippen LogP contribution in [-0.2, 0) is 6.54 Å². The molecule has 0 radical (unpaired) electrons. The largest absolute Gasteiger partial charge is 0.492 e. The zero-order valence-electron chi connectivity index (χ0n) is 12.8. The van der Waals surface area contributed by atoms with E-state index in [1.54, 1.807) is 0 Å². The van der Waals surface area contributed by atoms with Crippen LogP contribution in [0.25, 0.3) is 0 Å². The number of thiazole rings is 1. The summed E-state index contributed by atoms with van der Waals surface area (Å²) >= 11 is 1.26. The van der Waals surface area contributed by atoms with Crippen LogP contribution in [-0.4, -0.2) is 36.2 Å². The van der Waals surface area contributed by atoms with Gasteiger partial charge in [0.2, 0.25) is 0 Å². The summed E-state index contributed by atoms with van der Waals surface area (Å²) in [6.45, 7) is 7.09. The summed E-state index contributed by atoms with van der Waals surface area (Å²) in [6.07, 6.45) is 0. The summed E-state index contributed by atoms with van der Waals surface area (Å²) in [6, 6.07) is 8.07. The van der Waals surface area contributed by atoms with Gasteiger partial charge in [-0.2, -0.15) is 0 Å². The standard InChI is InChI=1S/C16H22N2O2S/c1-13-4-6-15(7-5-13)20-11-10-17(3)8-9-18-14(2)12-21-16(18)19/h4-7,12H,8-11H2,1-3H3. The van der Waals surface area contributed by atoms with Crippen LogP contribution in [0.15, 0.2) is 34.4 Å². The van der Waals surface area contributed by atoms with Crippen molar-refractivity contribution in [3.8, 4) is 5.75 Å². The Labute approximate surface area is 129 Å². The van der Waals surface area contributed by atoms with E-state index in [2.05, 4.69) is 11.8 Å². The van der Waals surface area contributed by atoms with Gasteiger partial charge in [-0.3, -0.25) is 4.79 Å². The molecule has 0 N–H and O–H groups in total. The monoisotopic (exact) mass is 306 g/mol. The minimum absolute atomic E-state index is 0.122. The van der Waals surface area contributed by atoms with Crippen molar-refractivity contribution < 1.29 is 4.74 Å². The highest BCUT2D eigenvalue weighted by atomic mass is 32.1. The van der Waals surface area contributed by atoms with Crippen LogP contribution in [0, 0.1) is 13.8 Å². The molecular weight excluding hydrogens is 284 g/mol. The SMILES string of the molecule is Cc1ccc(OCCN(C)CCn2c(C)csc2=O)cc1. The number of hydrogen-bond donors (Lipinski definition) is 0. The topological polar surface area (TPSA) is 34.5 Å². The maximum absolute atomic E-state index is 11.6. The Kier molecular flexibility index (Phi) is 5.59. The van der Waals surface area contributed by atoms with Gasteiger partial charge in [-0.15, -0.1) is 0 Å². The highest BCUT2D eigenvalue weighted by Gasteiger charge is 2.04. The van der Waals surface area contributed by atoms with Gasteiger partial charge in [-0.25, -0.2) is 0 Å². The maximum Gasteiger partial charge on any atom is 0.307 e. The van der Waals surface area contributed by atoms with Crippen molar-refractivity contribution in [1.29, 1.82) is 0 Å². The lowest BCUT2D eigenvalue weighted by Crippen LogP contribution is -2.30. The zero-order valence-corrected chi connectivity index (χ0v) is 13.7. The van der Waals surface area contributed by atoms with Gasteiger partial charge >= 0.3 is 4.87 Å². The molecule has 2 rings (SSSR count). The molecule has 4 nitrogen and oxygen atoms in total. The zero-order chi connectivity index (χ0) is 15.2. The second kappa shape index (κ2) is 7.43. The first-order valence-corrected chi connectivity index (χ1v) is 7.97. The molecule has 0 atom stereocenters. The molecule has 5 heteroatoms. The van der Waals surface area contributed by atoms with Crippen LogP contribution in [0.2, 0.25) is 0 Å². The fourth-order valence-electron chi connectivity index (χ4n) is 2.01. The smallest absolute Gasteiger partial charge is 0.307 e. The molecule has 0 fully saturated rings. The maximum atomic E-state index is 11.6. The van der Waals surface area contributed by atoms with Gasteiger partial charge in [-0.1, -0.05) is 29.0 Å². The Morgan fingerprint density at radius 1 is 1.19 bits per heavy atom. The molecule has 0 bridgehead atoms. The molecule has 0 unspecified atom stereocenters. The van der Waals surface area contributed by atoms with E-state index in [0.29, 0.717) is 6.61 Å². The highest BCUT2D eigenvalue weighted by molar-refractivity contribution is 7.07. The molecule has 0 spiro atoms.